The minimum Gasteiger partial charge on any atom is -0.355 e. The number of halogens is 4. The van der Waals surface area contributed by atoms with Gasteiger partial charge in [-0.3, -0.25) is 9.69 Å². The molecule has 7 heteroatoms. The molecule has 36 heavy (non-hydrogen) atoms. The van der Waals surface area contributed by atoms with Crippen molar-refractivity contribution in [3.8, 4) is 0 Å². The number of likely N-dealkylation sites (tertiary alicyclic amines) is 1. The van der Waals surface area contributed by atoms with E-state index in [0.29, 0.717) is 35.2 Å². The highest BCUT2D eigenvalue weighted by Gasteiger charge is 2.42. The number of carbonyl (C=O) groups excluding carboxylic acids is 1. The Kier molecular flexibility index (Phi) is 8.03. The van der Waals surface area contributed by atoms with Crippen LogP contribution in [0, 0.1) is 23.0 Å². The minimum atomic E-state index is -0.685. The maximum Gasteiger partial charge on any atom is 0.227 e. The zero-order valence-electron chi connectivity index (χ0n) is 20.6. The van der Waals surface area contributed by atoms with Crippen LogP contribution in [0.1, 0.15) is 49.4 Å². The monoisotopic (exact) mass is 530 g/mol. The summed E-state index contributed by atoms with van der Waals surface area (Å²) < 4.78 is 28.2. The highest BCUT2D eigenvalue weighted by atomic mass is 35.5. The fourth-order valence-electron chi connectivity index (χ4n) is 4.73. The maximum absolute atomic E-state index is 14.1. The number of amides is 1. The van der Waals surface area contributed by atoms with Gasteiger partial charge in [0.2, 0.25) is 5.91 Å². The molecule has 1 atom stereocenters. The van der Waals surface area contributed by atoms with E-state index in [9.17, 15) is 13.6 Å². The van der Waals surface area contributed by atoms with Crippen molar-refractivity contribution >= 4 is 29.1 Å². The van der Waals surface area contributed by atoms with E-state index in [0.717, 1.165) is 17.2 Å². The number of hydrogen-bond acceptors (Lipinski definition) is 2. The van der Waals surface area contributed by atoms with E-state index in [-0.39, 0.29) is 23.3 Å². The van der Waals surface area contributed by atoms with Crippen molar-refractivity contribution in [3.05, 3.63) is 105 Å². The standard InChI is InChI=1S/C29H30Cl2F2N2O/c1-29(2,3)17-34-28(36)26(20-12-24(32)14-25(33)13-20)21-15-35(16-21)27(18-4-8-22(30)9-5-18)19-6-10-23(31)11-7-19/h4-14,21,26-27H,15-17H2,1-3H3,(H,34,36)/t26-/m1/s1. The number of benzene rings is 3. The van der Waals surface area contributed by atoms with Gasteiger partial charge in [-0.05, 0) is 58.5 Å². The van der Waals surface area contributed by atoms with Crippen LogP contribution in [-0.4, -0.2) is 30.4 Å². The molecule has 3 aromatic carbocycles. The molecule has 0 aromatic heterocycles. The number of rotatable bonds is 7. The molecule has 190 valence electrons. The van der Waals surface area contributed by atoms with E-state index in [1.807, 2.05) is 69.3 Å². The fourth-order valence-corrected chi connectivity index (χ4v) is 4.98. The van der Waals surface area contributed by atoms with Gasteiger partial charge < -0.3 is 5.32 Å². The van der Waals surface area contributed by atoms with E-state index in [1.165, 1.54) is 12.1 Å². The third kappa shape index (κ3) is 6.44. The molecule has 0 unspecified atom stereocenters. The Bertz CT molecular complexity index is 1140. The lowest BCUT2D eigenvalue weighted by Crippen LogP contribution is -2.54. The average Bonchev–Trinajstić information content (AvgIpc) is 2.77. The van der Waals surface area contributed by atoms with Gasteiger partial charge in [0.1, 0.15) is 11.6 Å². The van der Waals surface area contributed by atoms with E-state index in [1.54, 1.807) is 0 Å². The van der Waals surface area contributed by atoms with Crippen molar-refractivity contribution in [1.82, 2.24) is 10.2 Å². The molecule has 1 aliphatic heterocycles. The van der Waals surface area contributed by atoms with Gasteiger partial charge in [-0.1, -0.05) is 68.2 Å². The van der Waals surface area contributed by atoms with Gasteiger partial charge in [0.05, 0.1) is 12.0 Å². The Labute approximate surface area is 221 Å². The summed E-state index contributed by atoms with van der Waals surface area (Å²) in [5, 5.41) is 4.30. The summed E-state index contributed by atoms with van der Waals surface area (Å²) in [6.07, 6.45) is 0. The summed E-state index contributed by atoms with van der Waals surface area (Å²) in [5.74, 6) is -2.35. The molecule has 3 aromatic rings. The van der Waals surface area contributed by atoms with Crippen LogP contribution in [0.25, 0.3) is 0 Å². The molecular weight excluding hydrogens is 501 g/mol. The van der Waals surface area contributed by atoms with Crippen molar-refractivity contribution in [2.75, 3.05) is 19.6 Å². The van der Waals surface area contributed by atoms with Crippen molar-refractivity contribution in [2.45, 2.75) is 32.7 Å². The third-order valence-electron chi connectivity index (χ3n) is 6.47. The van der Waals surface area contributed by atoms with Gasteiger partial charge in [-0.15, -0.1) is 0 Å². The summed E-state index contributed by atoms with van der Waals surface area (Å²) in [6, 6.07) is 18.7. The number of nitrogens with one attached hydrogen (secondary N) is 1. The molecule has 0 spiro atoms. The van der Waals surface area contributed by atoms with E-state index in [2.05, 4.69) is 10.2 Å². The quantitative estimate of drug-likeness (QED) is 0.349. The topological polar surface area (TPSA) is 32.3 Å². The van der Waals surface area contributed by atoms with Crippen molar-refractivity contribution in [3.63, 3.8) is 0 Å². The molecule has 1 fully saturated rings. The van der Waals surface area contributed by atoms with Crippen LogP contribution in [0.15, 0.2) is 66.7 Å². The lowest BCUT2D eigenvalue weighted by molar-refractivity contribution is -0.126. The summed E-state index contributed by atoms with van der Waals surface area (Å²) in [5.41, 5.74) is 2.36. The first-order valence-corrected chi connectivity index (χ1v) is 12.7. The predicted octanol–water partition coefficient (Wildman–Crippen LogP) is 7.24. The van der Waals surface area contributed by atoms with Gasteiger partial charge in [0, 0.05) is 41.7 Å². The lowest BCUT2D eigenvalue weighted by atomic mass is 9.78. The molecule has 1 saturated heterocycles. The molecule has 1 N–H and O–H groups in total. The minimum absolute atomic E-state index is 0.0710. The maximum atomic E-state index is 14.1. The van der Waals surface area contributed by atoms with Gasteiger partial charge >= 0.3 is 0 Å². The van der Waals surface area contributed by atoms with Crippen molar-refractivity contribution < 1.29 is 13.6 Å². The first kappa shape index (κ1) is 26.6. The van der Waals surface area contributed by atoms with E-state index in [4.69, 9.17) is 23.2 Å². The first-order valence-electron chi connectivity index (χ1n) is 12.0. The SMILES string of the molecule is CC(C)(C)CNC(=O)[C@H](c1cc(F)cc(F)c1)C1CN(C(c2ccc(Cl)cc2)c2ccc(Cl)cc2)C1. The Balaban J connectivity index is 1.61. The molecule has 3 nitrogen and oxygen atoms in total. The lowest BCUT2D eigenvalue weighted by Gasteiger charge is -2.47. The highest BCUT2D eigenvalue weighted by molar-refractivity contribution is 6.30. The van der Waals surface area contributed by atoms with E-state index >= 15 is 0 Å². The van der Waals surface area contributed by atoms with Gasteiger partial charge in [0.25, 0.3) is 0 Å². The molecule has 0 saturated carbocycles. The molecule has 1 heterocycles. The predicted molar refractivity (Wildman–Crippen MR) is 141 cm³/mol. The molecule has 0 bridgehead atoms. The molecule has 0 aliphatic carbocycles. The second-order valence-corrected chi connectivity index (χ2v) is 11.6. The summed E-state index contributed by atoms with van der Waals surface area (Å²) in [6.45, 7) is 7.71. The summed E-state index contributed by atoms with van der Waals surface area (Å²) in [7, 11) is 0. The largest absolute Gasteiger partial charge is 0.355 e. The number of hydrogen-bond donors (Lipinski definition) is 1. The van der Waals surface area contributed by atoms with Crippen LogP contribution in [0.3, 0.4) is 0 Å². The van der Waals surface area contributed by atoms with Gasteiger partial charge in [0.15, 0.2) is 0 Å². The van der Waals surface area contributed by atoms with Gasteiger partial charge in [-0.25, -0.2) is 8.78 Å². The second-order valence-electron chi connectivity index (χ2n) is 10.7. The zero-order chi connectivity index (χ0) is 26.0. The highest BCUT2D eigenvalue weighted by Crippen LogP contribution is 2.40. The third-order valence-corrected chi connectivity index (χ3v) is 6.97. The molecule has 4 rings (SSSR count). The summed E-state index contributed by atoms with van der Waals surface area (Å²) in [4.78, 5) is 15.6. The smallest absolute Gasteiger partial charge is 0.227 e. The first-order chi connectivity index (χ1) is 17.0. The molecule has 1 amide bonds. The fraction of sp³-hybridized carbons (Fsp3) is 0.345. The Morgan fingerprint density at radius 1 is 0.889 bits per heavy atom. The Morgan fingerprint density at radius 3 is 1.81 bits per heavy atom. The van der Waals surface area contributed by atoms with Crippen molar-refractivity contribution in [1.29, 1.82) is 0 Å². The number of carbonyl (C=O) groups is 1. The Hall–Kier alpha value is -2.47. The summed E-state index contributed by atoms with van der Waals surface area (Å²) >= 11 is 12.3. The van der Waals surface area contributed by atoms with Crippen LogP contribution in [0.5, 0.6) is 0 Å². The van der Waals surface area contributed by atoms with Crippen LogP contribution in [-0.2, 0) is 4.79 Å². The van der Waals surface area contributed by atoms with Crippen LogP contribution in [0.2, 0.25) is 10.0 Å². The van der Waals surface area contributed by atoms with Gasteiger partial charge in [-0.2, -0.15) is 0 Å². The Morgan fingerprint density at radius 2 is 1.36 bits per heavy atom. The molecule has 0 radical (unpaired) electrons. The second kappa shape index (κ2) is 10.9. The van der Waals surface area contributed by atoms with Crippen LogP contribution in [0.4, 0.5) is 8.78 Å². The van der Waals surface area contributed by atoms with Crippen LogP contribution < -0.4 is 5.32 Å². The zero-order valence-corrected chi connectivity index (χ0v) is 22.1. The van der Waals surface area contributed by atoms with Crippen molar-refractivity contribution in [2.24, 2.45) is 11.3 Å². The van der Waals surface area contributed by atoms with Crippen LogP contribution >= 0.6 is 23.2 Å². The number of nitrogens with zero attached hydrogens (tertiary/aromatic N) is 1. The average molecular weight is 531 g/mol. The molecular formula is C29H30Cl2F2N2O. The molecule has 1 aliphatic rings. The normalized spacial score (nSPS) is 15.6. The van der Waals surface area contributed by atoms with E-state index < -0.39 is 17.6 Å².